The maximum absolute atomic E-state index is 5.16. The minimum atomic E-state index is 0.648. The van der Waals surface area contributed by atoms with Gasteiger partial charge in [0.05, 0.1) is 0 Å². The van der Waals surface area contributed by atoms with Crippen LogP contribution >= 0.6 is 11.3 Å². The third-order valence-corrected chi connectivity index (χ3v) is 10.9. The molecular weight excluding hydrogens is 639 g/mol. The third kappa shape index (κ3) is 5.34. The summed E-state index contributed by atoms with van der Waals surface area (Å²) in [4.78, 5) is 15.4. The van der Waals surface area contributed by atoms with Crippen LogP contribution < -0.4 is 0 Å². The lowest BCUT2D eigenvalue weighted by Crippen LogP contribution is -2.00. The van der Waals surface area contributed by atoms with Crippen LogP contribution in [0.5, 0.6) is 0 Å². The molecule has 0 saturated carbocycles. The first-order valence-electron chi connectivity index (χ1n) is 17.1. The highest BCUT2D eigenvalue weighted by Gasteiger charge is 2.17. The highest BCUT2D eigenvalue weighted by Crippen LogP contribution is 2.40. The van der Waals surface area contributed by atoms with Gasteiger partial charge >= 0.3 is 0 Å². The van der Waals surface area contributed by atoms with Gasteiger partial charge in [0, 0.05) is 36.9 Å². The molecule has 0 aliphatic carbocycles. The number of aromatic nitrogens is 3. The first-order chi connectivity index (χ1) is 25.2. The Balaban J connectivity index is 1.09. The van der Waals surface area contributed by atoms with Gasteiger partial charge in [-0.15, -0.1) is 11.3 Å². The molecule has 0 spiro atoms. The van der Waals surface area contributed by atoms with E-state index in [1.165, 1.54) is 52.8 Å². The SMILES string of the molecule is c1ccc2cc(-c3ccc(-c4nc(-c5ccc(-c6ccc7ccccc7c6)cc5)nc(-c5cccc6sc7ccccc7c56)n4)cc3)ccc2c1. The maximum atomic E-state index is 5.16. The van der Waals surface area contributed by atoms with Crippen molar-refractivity contribution in [3.63, 3.8) is 0 Å². The summed E-state index contributed by atoms with van der Waals surface area (Å²) in [6.45, 7) is 0. The monoisotopic (exact) mass is 667 g/mol. The Hall–Kier alpha value is -6.49. The van der Waals surface area contributed by atoms with Gasteiger partial charge in [-0.05, 0) is 68.1 Å². The Kier molecular flexibility index (Phi) is 7.00. The molecule has 0 aliphatic rings. The number of fused-ring (bicyclic) bond motifs is 5. The van der Waals surface area contributed by atoms with Crippen LogP contribution in [0.15, 0.2) is 176 Å². The second-order valence-corrected chi connectivity index (χ2v) is 13.9. The average molecular weight is 668 g/mol. The molecule has 0 saturated heterocycles. The molecule has 0 unspecified atom stereocenters. The molecule has 238 valence electrons. The van der Waals surface area contributed by atoms with Crippen molar-refractivity contribution in [2.45, 2.75) is 0 Å². The van der Waals surface area contributed by atoms with Gasteiger partial charge in [0.15, 0.2) is 17.5 Å². The highest BCUT2D eigenvalue weighted by atomic mass is 32.1. The molecule has 10 aromatic rings. The molecule has 0 N–H and O–H groups in total. The summed E-state index contributed by atoms with van der Waals surface area (Å²) in [7, 11) is 0. The number of thiophene rings is 1. The number of nitrogens with zero attached hydrogens (tertiary/aromatic N) is 3. The van der Waals surface area contributed by atoms with Crippen LogP contribution in [0, 0.1) is 0 Å². The van der Waals surface area contributed by atoms with Crippen molar-refractivity contribution < 1.29 is 0 Å². The van der Waals surface area contributed by atoms with Crippen molar-refractivity contribution in [1.29, 1.82) is 0 Å². The standard InChI is InChI=1S/C47H29N3S/c1-3-10-36-28-38(26-20-30(36)8-1)32-16-22-34(23-17-32)45-48-46(35-24-18-33(19-25-35)39-27-21-31-9-2-4-11-37(31)29-39)50-47(49-45)41-13-7-15-43-44(41)40-12-5-6-14-42(40)51-43/h1-29H. The molecule has 0 aliphatic heterocycles. The Morgan fingerprint density at radius 3 is 1.35 bits per heavy atom. The van der Waals surface area contributed by atoms with E-state index in [0.29, 0.717) is 17.5 Å². The van der Waals surface area contributed by atoms with Gasteiger partial charge in [-0.2, -0.15) is 0 Å². The van der Waals surface area contributed by atoms with Gasteiger partial charge in [0.1, 0.15) is 0 Å². The molecule has 8 aromatic carbocycles. The molecule has 0 fully saturated rings. The minimum Gasteiger partial charge on any atom is -0.208 e. The van der Waals surface area contributed by atoms with Gasteiger partial charge in [-0.25, -0.2) is 15.0 Å². The minimum absolute atomic E-state index is 0.648. The Labute approximate surface area is 299 Å². The smallest absolute Gasteiger partial charge is 0.164 e. The molecule has 2 heterocycles. The number of rotatable bonds is 5. The zero-order valence-corrected chi connectivity index (χ0v) is 28.3. The maximum Gasteiger partial charge on any atom is 0.164 e. The van der Waals surface area contributed by atoms with Gasteiger partial charge in [-0.1, -0.05) is 152 Å². The average Bonchev–Trinajstić information content (AvgIpc) is 3.59. The lowest BCUT2D eigenvalue weighted by Gasteiger charge is -2.11. The normalized spacial score (nSPS) is 11.5. The van der Waals surface area contributed by atoms with Crippen LogP contribution in [0.3, 0.4) is 0 Å². The number of hydrogen-bond acceptors (Lipinski definition) is 4. The van der Waals surface area contributed by atoms with E-state index in [-0.39, 0.29) is 0 Å². The summed E-state index contributed by atoms with van der Waals surface area (Å²) >= 11 is 1.80. The molecule has 0 atom stereocenters. The Bertz CT molecular complexity index is 2770. The molecule has 0 radical (unpaired) electrons. The quantitative estimate of drug-likeness (QED) is 0.183. The van der Waals surface area contributed by atoms with Crippen molar-refractivity contribution in [2.75, 3.05) is 0 Å². The largest absolute Gasteiger partial charge is 0.208 e. The van der Waals surface area contributed by atoms with E-state index in [9.17, 15) is 0 Å². The number of benzene rings is 8. The van der Waals surface area contributed by atoms with Crippen molar-refractivity contribution in [3.8, 4) is 56.4 Å². The Morgan fingerprint density at radius 1 is 0.314 bits per heavy atom. The third-order valence-electron chi connectivity index (χ3n) is 9.73. The van der Waals surface area contributed by atoms with Crippen LogP contribution in [0.4, 0.5) is 0 Å². The molecule has 0 amide bonds. The van der Waals surface area contributed by atoms with Crippen LogP contribution in [0.2, 0.25) is 0 Å². The first kappa shape index (κ1) is 29.4. The van der Waals surface area contributed by atoms with Gasteiger partial charge < -0.3 is 0 Å². The lowest BCUT2D eigenvalue weighted by molar-refractivity contribution is 1.08. The predicted octanol–water partition coefficient (Wildman–Crippen LogP) is 12.9. The van der Waals surface area contributed by atoms with Crippen molar-refractivity contribution in [3.05, 3.63) is 176 Å². The van der Waals surface area contributed by atoms with E-state index >= 15 is 0 Å². The molecule has 4 heteroatoms. The topological polar surface area (TPSA) is 38.7 Å². The predicted molar refractivity (Wildman–Crippen MR) is 215 cm³/mol. The fourth-order valence-corrected chi connectivity index (χ4v) is 8.21. The molecular formula is C47H29N3S. The van der Waals surface area contributed by atoms with Crippen LogP contribution in [0.25, 0.3) is 98.1 Å². The van der Waals surface area contributed by atoms with E-state index < -0.39 is 0 Å². The van der Waals surface area contributed by atoms with Gasteiger partial charge in [-0.3, -0.25) is 0 Å². The number of hydrogen-bond donors (Lipinski definition) is 0. The summed E-state index contributed by atoms with van der Waals surface area (Å²) in [5, 5.41) is 7.33. The van der Waals surface area contributed by atoms with Gasteiger partial charge in [0.2, 0.25) is 0 Å². The fourth-order valence-electron chi connectivity index (χ4n) is 7.08. The first-order valence-corrected chi connectivity index (χ1v) is 17.9. The van der Waals surface area contributed by atoms with E-state index in [0.717, 1.165) is 27.8 Å². The highest BCUT2D eigenvalue weighted by molar-refractivity contribution is 7.25. The second kappa shape index (κ2) is 12.1. The molecule has 10 rings (SSSR count). The lowest BCUT2D eigenvalue weighted by atomic mass is 10.00. The fraction of sp³-hybridized carbons (Fsp3) is 0. The van der Waals surface area contributed by atoms with E-state index in [4.69, 9.17) is 15.0 Å². The van der Waals surface area contributed by atoms with Crippen LogP contribution in [0.1, 0.15) is 0 Å². The summed E-state index contributed by atoms with van der Waals surface area (Å²) in [6.07, 6.45) is 0. The second-order valence-electron chi connectivity index (χ2n) is 12.9. The Morgan fingerprint density at radius 2 is 0.765 bits per heavy atom. The summed E-state index contributed by atoms with van der Waals surface area (Å²) in [5.74, 6) is 1.96. The van der Waals surface area contributed by atoms with E-state index in [1.807, 2.05) is 0 Å². The van der Waals surface area contributed by atoms with Crippen LogP contribution in [-0.4, -0.2) is 15.0 Å². The molecule has 0 bridgehead atoms. The summed E-state index contributed by atoms with van der Waals surface area (Å²) < 4.78 is 2.47. The van der Waals surface area contributed by atoms with E-state index in [1.54, 1.807) is 11.3 Å². The summed E-state index contributed by atoms with van der Waals surface area (Å²) in [5.41, 5.74) is 7.56. The van der Waals surface area contributed by atoms with Gasteiger partial charge in [0.25, 0.3) is 0 Å². The van der Waals surface area contributed by atoms with Crippen molar-refractivity contribution in [2.24, 2.45) is 0 Å². The molecule has 3 nitrogen and oxygen atoms in total. The summed E-state index contributed by atoms with van der Waals surface area (Å²) in [6, 6.07) is 62.3. The van der Waals surface area contributed by atoms with Crippen LogP contribution in [-0.2, 0) is 0 Å². The molecule has 2 aromatic heterocycles. The van der Waals surface area contributed by atoms with Crippen molar-refractivity contribution >= 4 is 53.1 Å². The zero-order valence-electron chi connectivity index (χ0n) is 27.5. The zero-order chi connectivity index (χ0) is 33.7. The van der Waals surface area contributed by atoms with Crippen molar-refractivity contribution in [1.82, 2.24) is 15.0 Å². The molecule has 51 heavy (non-hydrogen) atoms. The van der Waals surface area contributed by atoms with E-state index in [2.05, 4.69) is 176 Å².